The Morgan fingerprint density at radius 2 is 1.74 bits per heavy atom. The Bertz CT molecular complexity index is 725. The van der Waals surface area contributed by atoms with E-state index in [-0.39, 0.29) is 13.2 Å². The van der Waals surface area contributed by atoms with Gasteiger partial charge in [-0.3, -0.25) is 19.2 Å². The molecule has 0 saturated carbocycles. The summed E-state index contributed by atoms with van der Waals surface area (Å²) in [6.45, 7) is 3.00. The summed E-state index contributed by atoms with van der Waals surface area (Å²) < 4.78 is 36.6. The highest BCUT2D eigenvalue weighted by Gasteiger charge is 2.37. The third kappa shape index (κ3) is 6.01. The molecule has 0 aliphatic rings. The first-order valence-corrected chi connectivity index (χ1v) is 8.09. The van der Waals surface area contributed by atoms with Crippen LogP contribution < -0.4 is 11.1 Å². The smallest absolute Gasteiger partial charge is 0.312 e. The van der Waals surface area contributed by atoms with E-state index in [1.54, 1.807) is 0 Å². The van der Waals surface area contributed by atoms with E-state index in [1.807, 2.05) is 0 Å². The minimum Gasteiger partial charge on any atom is -0.466 e. The van der Waals surface area contributed by atoms with Crippen molar-refractivity contribution in [2.45, 2.75) is 26.3 Å². The molecule has 1 aromatic carbocycles. The van der Waals surface area contributed by atoms with Crippen LogP contribution in [0.3, 0.4) is 0 Å². The van der Waals surface area contributed by atoms with Gasteiger partial charge in [0.2, 0.25) is 5.91 Å². The third-order valence-corrected chi connectivity index (χ3v) is 3.47. The van der Waals surface area contributed by atoms with Gasteiger partial charge in [-0.05, 0) is 26.0 Å². The van der Waals surface area contributed by atoms with Gasteiger partial charge in [0.25, 0.3) is 5.91 Å². The molecular formula is C17H20F2N2O6. The van der Waals surface area contributed by atoms with Crippen LogP contribution in [0, 0.1) is 17.6 Å². The second-order valence-corrected chi connectivity index (χ2v) is 5.32. The molecule has 3 N–H and O–H groups in total. The fourth-order valence-electron chi connectivity index (χ4n) is 2.25. The van der Waals surface area contributed by atoms with E-state index in [2.05, 4.69) is 5.32 Å². The number of esters is 2. The van der Waals surface area contributed by atoms with Crippen molar-refractivity contribution < 1.29 is 37.4 Å². The van der Waals surface area contributed by atoms with E-state index in [0.29, 0.717) is 0 Å². The van der Waals surface area contributed by atoms with Crippen LogP contribution in [0.1, 0.15) is 30.6 Å². The Balaban J connectivity index is 3.14. The number of nitrogens with two attached hydrogens (primary N) is 1. The number of hydrogen-bond acceptors (Lipinski definition) is 6. The number of ether oxygens (including phenoxy) is 2. The van der Waals surface area contributed by atoms with Crippen LogP contribution in [-0.2, 0) is 23.9 Å². The first-order valence-electron chi connectivity index (χ1n) is 8.09. The Morgan fingerprint density at radius 3 is 2.30 bits per heavy atom. The minimum atomic E-state index is -1.70. The standard InChI is InChI=1S/C17H20F2N2O6/c1-3-26-12(22)8-10(17(25)27-4-2)14(15(20)23)21-16(24)9-6-5-7-11(18)13(9)19/h5-7,10,14H,3-4,8H2,1-2H3,(H2,20,23)(H,21,24)/t10-,14+/m0/s1. The van der Waals surface area contributed by atoms with Crippen molar-refractivity contribution in [2.75, 3.05) is 13.2 Å². The number of hydrogen-bond donors (Lipinski definition) is 2. The zero-order valence-corrected chi connectivity index (χ0v) is 14.8. The zero-order chi connectivity index (χ0) is 20.6. The summed E-state index contributed by atoms with van der Waals surface area (Å²) in [5.74, 6) is -8.36. The number of rotatable bonds is 9. The van der Waals surface area contributed by atoms with Crippen LogP contribution in [0.2, 0.25) is 0 Å². The van der Waals surface area contributed by atoms with Crippen LogP contribution >= 0.6 is 0 Å². The lowest BCUT2D eigenvalue weighted by atomic mass is 9.95. The Labute approximate surface area is 154 Å². The average molecular weight is 386 g/mol. The fourth-order valence-corrected chi connectivity index (χ4v) is 2.25. The predicted octanol–water partition coefficient (Wildman–Crippen LogP) is 0.681. The highest BCUT2D eigenvalue weighted by Crippen LogP contribution is 2.16. The lowest BCUT2D eigenvalue weighted by Crippen LogP contribution is -2.52. The summed E-state index contributed by atoms with van der Waals surface area (Å²) in [4.78, 5) is 47.9. The van der Waals surface area contributed by atoms with Crippen molar-refractivity contribution in [3.63, 3.8) is 0 Å². The molecule has 0 aliphatic heterocycles. The Kier molecular flexibility index (Phi) is 8.31. The van der Waals surface area contributed by atoms with E-state index in [1.165, 1.54) is 13.8 Å². The number of carbonyl (C=O) groups excluding carboxylic acids is 4. The molecule has 0 aliphatic carbocycles. The van der Waals surface area contributed by atoms with Gasteiger partial charge in [0.1, 0.15) is 6.04 Å². The molecule has 0 saturated heterocycles. The zero-order valence-electron chi connectivity index (χ0n) is 14.8. The Hall–Kier alpha value is -3.04. The van der Waals surface area contributed by atoms with Gasteiger partial charge in [0.05, 0.1) is 31.1 Å². The number of primary amides is 1. The highest BCUT2D eigenvalue weighted by molar-refractivity contribution is 5.99. The van der Waals surface area contributed by atoms with Gasteiger partial charge in [0.15, 0.2) is 11.6 Å². The second-order valence-electron chi connectivity index (χ2n) is 5.32. The van der Waals surface area contributed by atoms with Gasteiger partial charge in [-0.15, -0.1) is 0 Å². The van der Waals surface area contributed by atoms with Crippen molar-refractivity contribution in [1.29, 1.82) is 0 Å². The van der Waals surface area contributed by atoms with E-state index >= 15 is 0 Å². The summed E-state index contributed by atoms with van der Waals surface area (Å²) >= 11 is 0. The van der Waals surface area contributed by atoms with Crippen molar-refractivity contribution in [1.82, 2.24) is 5.32 Å². The maximum absolute atomic E-state index is 13.8. The van der Waals surface area contributed by atoms with Crippen molar-refractivity contribution in [3.8, 4) is 0 Å². The monoisotopic (exact) mass is 386 g/mol. The van der Waals surface area contributed by atoms with Crippen LogP contribution in [0.5, 0.6) is 0 Å². The minimum absolute atomic E-state index is 0.0243. The largest absolute Gasteiger partial charge is 0.466 e. The molecule has 0 spiro atoms. The van der Waals surface area contributed by atoms with E-state index in [0.717, 1.165) is 18.2 Å². The van der Waals surface area contributed by atoms with Gasteiger partial charge in [-0.2, -0.15) is 0 Å². The molecule has 2 atom stereocenters. The van der Waals surface area contributed by atoms with Crippen molar-refractivity contribution >= 4 is 23.8 Å². The molecule has 2 amide bonds. The number of halogens is 2. The summed E-state index contributed by atoms with van der Waals surface area (Å²) in [6.07, 6.45) is -0.605. The molecule has 1 aromatic rings. The molecule has 0 heterocycles. The molecule has 148 valence electrons. The highest BCUT2D eigenvalue weighted by atomic mass is 19.2. The summed E-state index contributed by atoms with van der Waals surface area (Å²) in [5, 5.41) is 2.06. The molecule has 0 fully saturated rings. The summed E-state index contributed by atoms with van der Waals surface area (Å²) in [6, 6.07) is 1.17. The summed E-state index contributed by atoms with van der Waals surface area (Å²) in [7, 11) is 0. The predicted molar refractivity (Wildman–Crippen MR) is 88.2 cm³/mol. The van der Waals surface area contributed by atoms with Crippen LogP contribution in [0.25, 0.3) is 0 Å². The van der Waals surface area contributed by atoms with E-state index in [4.69, 9.17) is 15.2 Å². The van der Waals surface area contributed by atoms with Gasteiger partial charge >= 0.3 is 11.9 Å². The van der Waals surface area contributed by atoms with Crippen molar-refractivity contribution in [2.24, 2.45) is 11.7 Å². The van der Waals surface area contributed by atoms with Crippen LogP contribution in [-0.4, -0.2) is 43.0 Å². The van der Waals surface area contributed by atoms with Crippen molar-refractivity contribution in [3.05, 3.63) is 35.4 Å². The molecule has 27 heavy (non-hydrogen) atoms. The first kappa shape index (κ1) is 22.0. The Morgan fingerprint density at radius 1 is 1.11 bits per heavy atom. The molecule has 0 bridgehead atoms. The number of carbonyl (C=O) groups is 4. The molecular weight excluding hydrogens is 366 g/mol. The molecule has 8 nitrogen and oxygen atoms in total. The maximum atomic E-state index is 13.8. The van der Waals surface area contributed by atoms with E-state index < -0.39 is 59.3 Å². The van der Waals surface area contributed by atoms with Gasteiger partial charge in [-0.1, -0.05) is 6.07 Å². The lowest BCUT2D eigenvalue weighted by Gasteiger charge is -2.23. The maximum Gasteiger partial charge on any atom is 0.312 e. The fraction of sp³-hybridized carbons (Fsp3) is 0.412. The lowest BCUT2D eigenvalue weighted by molar-refractivity contribution is -0.156. The van der Waals surface area contributed by atoms with E-state index in [9.17, 15) is 28.0 Å². The SMILES string of the molecule is CCOC(=O)C[C@H](C(=O)OCC)[C@@H](NC(=O)c1cccc(F)c1F)C(N)=O. The van der Waals surface area contributed by atoms with Gasteiger partial charge in [0, 0.05) is 0 Å². The normalized spacial score (nSPS) is 12.6. The second kappa shape index (κ2) is 10.2. The van der Waals surface area contributed by atoms with Gasteiger partial charge in [-0.25, -0.2) is 8.78 Å². The molecule has 1 rings (SSSR count). The van der Waals surface area contributed by atoms with Gasteiger partial charge < -0.3 is 20.5 Å². The summed E-state index contributed by atoms with van der Waals surface area (Å²) in [5.41, 5.74) is 4.54. The van der Waals surface area contributed by atoms with Crippen LogP contribution in [0.15, 0.2) is 18.2 Å². The number of nitrogens with one attached hydrogen (secondary N) is 1. The topological polar surface area (TPSA) is 125 Å². The number of amides is 2. The average Bonchev–Trinajstić information content (AvgIpc) is 2.60. The molecule has 10 heteroatoms. The van der Waals surface area contributed by atoms with Crippen LogP contribution in [0.4, 0.5) is 8.78 Å². The molecule has 0 aromatic heterocycles. The third-order valence-electron chi connectivity index (χ3n) is 3.47. The molecule has 0 unspecified atom stereocenters. The quantitative estimate of drug-likeness (QED) is 0.602. The molecule has 0 radical (unpaired) electrons. The first-order chi connectivity index (χ1) is 12.7. The number of benzene rings is 1.